The van der Waals surface area contributed by atoms with Gasteiger partial charge in [0.1, 0.15) is 5.60 Å². The van der Waals surface area contributed by atoms with Crippen LogP contribution in [0.2, 0.25) is 0 Å². The molecular weight excluding hydrogens is 468 g/mol. The van der Waals surface area contributed by atoms with Gasteiger partial charge in [-0.15, -0.1) is 11.3 Å². The number of carbonyl (C=O) groups is 2. The van der Waals surface area contributed by atoms with Gasteiger partial charge in [0.15, 0.2) is 0 Å². The zero-order valence-corrected chi connectivity index (χ0v) is 20.2. The van der Waals surface area contributed by atoms with Crippen molar-refractivity contribution >= 4 is 40.4 Å². The lowest BCUT2D eigenvalue weighted by atomic mass is 10.0. The van der Waals surface area contributed by atoms with E-state index in [-0.39, 0.29) is 17.6 Å². The molecule has 2 aromatic carbocycles. The largest absolute Gasteiger partial charge is 0.444 e. The SMILES string of the molecule is CC(C)(C)OC(=O)Nc1ccc(C2=NN(C(=O)c3ccc([N+](=O)[O-])cc3)C(c3cccs3)C2)cc1. The average molecular weight is 493 g/mol. The number of thiophene rings is 1. The molecule has 4 rings (SSSR count). The molecule has 0 radical (unpaired) electrons. The fourth-order valence-corrected chi connectivity index (χ4v) is 4.41. The van der Waals surface area contributed by atoms with Gasteiger partial charge >= 0.3 is 6.09 Å². The Kier molecular flexibility index (Phi) is 6.65. The highest BCUT2D eigenvalue weighted by Gasteiger charge is 2.34. The number of nitro groups is 1. The number of nitrogens with zero attached hydrogens (tertiary/aromatic N) is 3. The molecule has 180 valence electrons. The molecule has 2 heterocycles. The first-order valence-electron chi connectivity index (χ1n) is 10.9. The molecule has 1 aliphatic heterocycles. The fraction of sp³-hybridized carbons (Fsp3) is 0.240. The number of hydrogen-bond acceptors (Lipinski definition) is 7. The number of amides is 2. The summed E-state index contributed by atoms with van der Waals surface area (Å²) >= 11 is 1.54. The summed E-state index contributed by atoms with van der Waals surface area (Å²) < 4.78 is 5.28. The molecule has 35 heavy (non-hydrogen) atoms. The van der Waals surface area contributed by atoms with E-state index in [2.05, 4.69) is 10.4 Å². The number of nitro benzene ring substituents is 1. The fourth-order valence-electron chi connectivity index (χ4n) is 3.60. The van der Waals surface area contributed by atoms with Crippen molar-refractivity contribution in [2.24, 2.45) is 5.10 Å². The first-order chi connectivity index (χ1) is 16.6. The number of carbonyl (C=O) groups excluding carboxylic acids is 2. The van der Waals surface area contributed by atoms with E-state index in [0.717, 1.165) is 16.2 Å². The molecule has 0 aliphatic carbocycles. The highest BCUT2D eigenvalue weighted by atomic mass is 32.1. The Bertz CT molecular complexity index is 1260. The van der Waals surface area contributed by atoms with E-state index in [0.29, 0.717) is 17.7 Å². The number of hydrogen-bond donors (Lipinski definition) is 1. The number of benzene rings is 2. The van der Waals surface area contributed by atoms with E-state index in [1.165, 1.54) is 40.6 Å². The number of ether oxygens (including phenoxy) is 1. The summed E-state index contributed by atoms with van der Waals surface area (Å²) in [5, 5.41) is 21.7. The lowest BCUT2D eigenvalue weighted by Gasteiger charge is -2.20. The van der Waals surface area contributed by atoms with Gasteiger partial charge in [0.2, 0.25) is 0 Å². The van der Waals surface area contributed by atoms with Crippen LogP contribution in [0.15, 0.2) is 71.1 Å². The van der Waals surface area contributed by atoms with Crippen molar-refractivity contribution in [1.29, 1.82) is 0 Å². The Hall–Kier alpha value is -4.05. The van der Waals surface area contributed by atoms with Crippen LogP contribution in [-0.4, -0.2) is 33.2 Å². The predicted octanol–water partition coefficient (Wildman–Crippen LogP) is 5.99. The molecule has 0 saturated carbocycles. The molecule has 10 heteroatoms. The minimum atomic E-state index is -0.598. The normalized spacial score (nSPS) is 15.5. The minimum absolute atomic E-state index is 0.0814. The Morgan fingerprint density at radius 3 is 2.37 bits per heavy atom. The van der Waals surface area contributed by atoms with Crippen LogP contribution in [0.25, 0.3) is 0 Å². The summed E-state index contributed by atoms with van der Waals surface area (Å²) in [4.78, 5) is 36.7. The zero-order chi connectivity index (χ0) is 25.2. The molecule has 9 nitrogen and oxygen atoms in total. The van der Waals surface area contributed by atoms with E-state index in [1.54, 1.807) is 32.9 Å². The molecule has 2 amide bonds. The summed E-state index contributed by atoms with van der Waals surface area (Å²) in [6.45, 7) is 5.38. The summed E-state index contributed by atoms with van der Waals surface area (Å²) in [5.74, 6) is -0.337. The number of non-ortho nitro benzene ring substituents is 1. The number of hydrazone groups is 1. The van der Waals surface area contributed by atoms with Gasteiger partial charge < -0.3 is 4.74 Å². The van der Waals surface area contributed by atoms with Crippen molar-refractivity contribution in [1.82, 2.24) is 5.01 Å². The molecule has 1 atom stereocenters. The quantitative estimate of drug-likeness (QED) is 0.347. The van der Waals surface area contributed by atoms with E-state index >= 15 is 0 Å². The Balaban J connectivity index is 1.56. The highest BCUT2D eigenvalue weighted by Crippen LogP contribution is 2.36. The third-order valence-corrected chi connectivity index (χ3v) is 6.15. The van der Waals surface area contributed by atoms with Crippen LogP contribution >= 0.6 is 11.3 Å². The standard InChI is InChI=1S/C25H24N4O5S/c1-25(2,3)34-24(31)26-18-10-6-16(7-11-18)20-15-21(22-5-4-14-35-22)28(27-20)23(30)17-8-12-19(13-9-17)29(32)33/h4-14,21H,15H2,1-3H3,(H,26,31). The maximum Gasteiger partial charge on any atom is 0.412 e. The van der Waals surface area contributed by atoms with Gasteiger partial charge in [-0.05, 0) is 62.0 Å². The van der Waals surface area contributed by atoms with Gasteiger partial charge in [0, 0.05) is 34.7 Å². The van der Waals surface area contributed by atoms with Crippen molar-refractivity contribution < 1.29 is 19.2 Å². The molecule has 1 unspecified atom stereocenters. The maximum absolute atomic E-state index is 13.3. The van der Waals surface area contributed by atoms with Crippen molar-refractivity contribution in [2.45, 2.75) is 38.8 Å². The minimum Gasteiger partial charge on any atom is -0.444 e. The van der Waals surface area contributed by atoms with E-state index in [4.69, 9.17) is 4.74 Å². The van der Waals surface area contributed by atoms with Gasteiger partial charge in [-0.1, -0.05) is 18.2 Å². The Morgan fingerprint density at radius 1 is 1.11 bits per heavy atom. The highest BCUT2D eigenvalue weighted by molar-refractivity contribution is 7.10. The topological polar surface area (TPSA) is 114 Å². The van der Waals surface area contributed by atoms with Crippen molar-refractivity contribution in [2.75, 3.05) is 5.32 Å². The Morgan fingerprint density at radius 2 is 1.80 bits per heavy atom. The smallest absolute Gasteiger partial charge is 0.412 e. The van der Waals surface area contributed by atoms with Crippen molar-refractivity contribution in [3.05, 3.63) is 92.2 Å². The van der Waals surface area contributed by atoms with E-state index in [9.17, 15) is 19.7 Å². The van der Waals surface area contributed by atoms with Gasteiger partial charge in [-0.3, -0.25) is 20.2 Å². The summed E-state index contributed by atoms with van der Waals surface area (Å²) in [6, 6.07) is 16.3. The van der Waals surface area contributed by atoms with Crippen LogP contribution in [0.1, 0.15) is 54.0 Å². The molecule has 0 spiro atoms. The van der Waals surface area contributed by atoms with Crippen LogP contribution < -0.4 is 5.32 Å². The first kappa shape index (κ1) is 24.1. The van der Waals surface area contributed by atoms with Crippen LogP contribution in [-0.2, 0) is 4.74 Å². The van der Waals surface area contributed by atoms with E-state index < -0.39 is 16.6 Å². The number of rotatable bonds is 5. The third kappa shape index (κ3) is 5.72. The number of anilines is 1. The second kappa shape index (κ2) is 9.67. The molecular formula is C25H24N4O5S. The molecule has 1 aromatic heterocycles. The molecule has 0 bridgehead atoms. The second-order valence-electron chi connectivity index (χ2n) is 8.94. The summed E-state index contributed by atoms with van der Waals surface area (Å²) in [6.07, 6.45) is -0.0287. The average Bonchev–Trinajstić information content (AvgIpc) is 3.48. The Labute approximate surface area is 206 Å². The van der Waals surface area contributed by atoms with Crippen LogP contribution in [0.5, 0.6) is 0 Å². The number of nitrogens with one attached hydrogen (secondary N) is 1. The van der Waals surface area contributed by atoms with Crippen molar-refractivity contribution in [3.8, 4) is 0 Å². The summed E-state index contributed by atoms with van der Waals surface area (Å²) in [5.41, 5.74) is 1.76. The molecule has 0 saturated heterocycles. The zero-order valence-electron chi connectivity index (χ0n) is 19.4. The summed E-state index contributed by atoms with van der Waals surface area (Å²) in [7, 11) is 0. The predicted molar refractivity (Wildman–Crippen MR) is 134 cm³/mol. The van der Waals surface area contributed by atoms with Gasteiger partial charge in [-0.25, -0.2) is 9.80 Å². The molecule has 1 N–H and O–H groups in total. The lowest BCUT2D eigenvalue weighted by molar-refractivity contribution is -0.384. The molecule has 0 fully saturated rings. The monoisotopic (exact) mass is 492 g/mol. The molecule has 1 aliphatic rings. The van der Waals surface area contributed by atoms with E-state index in [1.807, 2.05) is 29.6 Å². The first-order valence-corrected chi connectivity index (χ1v) is 11.8. The van der Waals surface area contributed by atoms with Crippen LogP contribution in [0.3, 0.4) is 0 Å². The molecule has 3 aromatic rings. The van der Waals surface area contributed by atoms with Crippen LogP contribution in [0, 0.1) is 10.1 Å². The van der Waals surface area contributed by atoms with Gasteiger partial charge in [0.05, 0.1) is 16.7 Å². The lowest BCUT2D eigenvalue weighted by Crippen LogP contribution is -2.27. The third-order valence-electron chi connectivity index (χ3n) is 5.18. The van der Waals surface area contributed by atoms with Crippen LogP contribution in [0.4, 0.5) is 16.2 Å². The van der Waals surface area contributed by atoms with Gasteiger partial charge in [0.25, 0.3) is 11.6 Å². The maximum atomic E-state index is 13.3. The van der Waals surface area contributed by atoms with Gasteiger partial charge in [-0.2, -0.15) is 5.10 Å². The second-order valence-corrected chi connectivity index (χ2v) is 9.92. The van der Waals surface area contributed by atoms with Crippen molar-refractivity contribution in [3.63, 3.8) is 0 Å².